The first-order valence-electron chi connectivity index (χ1n) is 8.76. The Balaban J connectivity index is 1.61. The number of Topliss-reactive ketones (excluding diaryl/α,β-unsaturated/α-hetero) is 1. The second kappa shape index (κ2) is 6.79. The van der Waals surface area contributed by atoms with Crippen LogP contribution in [0.5, 0.6) is 0 Å². The van der Waals surface area contributed by atoms with Gasteiger partial charge in [-0.05, 0) is 31.2 Å². The maximum atomic E-state index is 14.2. The van der Waals surface area contributed by atoms with Crippen LogP contribution in [0.4, 0.5) is 4.39 Å². The summed E-state index contributed by atoms with van der Waals surface area (Å²) in [6, 6.07) is 13.1. The van der Waals surface area contributed by atoms with E-state index in [2.05, 4.69) is 10.2 Å². The fraction of sp³-hybridized carbons (Fsp3) is 0.190. The number of nitrogens with one attached hydrogen (secondary N) is 1. The maximum absolute atomic E-state index is 14.2. The summed E-state index contributed by atoms with van der Waals surface area (Å²) in [4.78, 5) is 26.0. The van der Waals surface area contributed by atoms with Crippen molar-refractivity contribution in [3.8, 4) is 11.3 Å². The Morgan fingerprint density at radius 1 is 1.07 bits per heavy atom. The number of aromatic amines is 1. The van der Waals surface area contributed by atoms with E-state index in [4.69, 9.17) is 0 Å². The molecular weight excluding hydrogens is 345 g/mol. The van der Waals surface area contributed by atoms with Crippen LogP contribution in [0.15, 0.2) is 48.5 Å². The molecule has 1 aliphatic heterocycles. The topological polar surface area (TPSA) is 66.1 Å². The molecule has 1 amide bonds. The molecule has 0 saturated carbocycles. The number of H-pyrrole nitrogens is 1. The van der Waals surface area contributed by atoms with Crippen LogP contribution >= 0.6 is 0 Å². The van der Waals surface area contributed by atoms with E-state index in [-0.39, 0.29) is 17.5 Å². The first kappa shape index (κ1) is 17.1. The molecule has 4 rings (SSSR count). The summed E-state index contributed by atoms with van der Waals surface area (Å²) in [5.41, 5.74) is 3.86. The zero-order valence-electron chi connectivity index (χ0n) is 14.8. The van der Waals surface area contributed by atoms with Crippen molar-refractivity contribution in [3.05, 3.63) is 76.7 Å². The average Bonchev–Trinajstić information content (AvgIpc) is 3.11. The molecule has 2 aromatic carbocycles. The van der Waals surface area contributed by atoms with Crippen molar-refractivity contribution in [1.29, 1.82) is 0 Å². The fourth-order valence-corrected chi connectivity index (χ4v) is 3.37. The van der Waals surface area contributed by atoms with Gasteiger partial charge in [0.1, 0.15) is 11.5 Å². The summed E-state index contributed by atoms with van der Waals surface area (Å²) < 4.78 is 14.2. The number of halogens is 1. The molecule has 0 aliphatic carbocycles. The molecule has 0 fully saturated rings. The highest BCUT2D eigenvalue weighted by atomic mass is 19.1. The van der Waals surface area contributed by atoms with Crippen LogP contribution in [0.25, 0.3) is 11.3 Å². The molecule has 0 saturated heterocycles. The van der Waals surface area contributed by atoms with Gasteiger partial charge in [-0.15, -0.1) is 0 Å². The Bertz CT molecular complexity index is 1020. The molecule has 3 aromatic rings. The van der Waals surface area contributed by atoms with Crippen LogP contribution in [-0.2, 0) is 13.0 Å². The second-order valence-electron chi connectivity index (χ2n) is 6.62. The summed E-state index contributed by atoms with van der Waals surface area (Å²) >= 11 is 0. The van der Waals surface area contributed by atoms with Crippen LogP contribution in [0.2, 0.25) is 0 Å². The van der Waals surface area contributed by atoms with E-state index in [9.17, 15) is 14.0 Å². The smallest absolute Gasteiger partial charge is 0.254 e. The van der Waals surface area contributed by atoms with Gasteiger partial charge in [-0.2, -0.15) is 5.10 Å². The summed E-state index contributed by atoms with van der Waals surface area (Å²) in [6.45, 7) is 2.41. The quantitative estimate of drug-likeness (QED) is 0.723. The van der Waals surface area contributed by atoms with Gasteiger partial charge in [-0.1, -0.05) is 24.3 Å². The molecule has 6 heteroatoms. The highest BCUT2D eigenvalue weighted by molar-refractivity contribution is 5.97. The third-order valence-electron chi connectivity index (χ3n) is 4.89. The number of hydrogen-bond acceptors (Lipinski definition) is 3. The van der Waals surface area contributed by atoms with Crippen molar-refractivity contribution >= 4 is 11.7 Å². The standard InChI is InChI=1S/C21H18FN3O2/c1-13(26)14-6-8-15(9-7-14)21(27)25-11-10-19-17(12-25)20(24-23-19)16-4-2-3-5-18(16)22/h2-9H,10-12H2,1H3,(H,23,24). The Labute approximate surface area is 155 Å². The molecular formula is C21H18FN3O2. The summed E-state index contributed by atoms with van der Waals surface area (Å²) in [5, 5.41) is 7.26. The van der Waals surface area contributed by atoms with Crippen LogP contribution in [0.3, 0.4) is 0 Å². The lowest BCUT2D eigenvalue weighted by Crippen LogP contribution is -2.36. The van der Waals surface area contributed by atoms with E-state index in [1.165, 1.54) is 13.0 Å². The Kier molecular flexibility index (Phi) is 4.32. The molecule has 0 atom stereocenters. The summed E-state index contributed by atoms with van der Waals surface area (Å²) in [5.74, 6) is -0.490. The van der Waals surface area contributed by atoms with E-state index < -0.39 is 0 Å². The SMILES string of the molecule is CC(=O)c1ccc(C(=O)N2CCc3[nH]nc(-c4ccccc4F)c3C2)cc1. The van der Waals surface area contributed by atoms with Crippen molar-refractivity contribution in [2.24, 2.45) is 0 Å². The Morgan fingerprint density at radius 2 is 1.78 bits per heavy atom. The van der Waals surface area contributed by atoms with Gasteiger partial charge < -0.3 is 4.90 Å². The summed E-state index contributed by atoms with van der Waals surface area (Å²) in [7, 11) is 0. The van der Waals surface area contributed by atoms with E-state index in [1.807, 2.05) is 0 Å². The van der Waals surface area contributed by atoms with Gasteiger partial charge in [-0.3, -0.25) is 14.7 Å². The van der Waals surface area contributed by atoms with Crippen LogP contribution < -0.4 is 0 Å². The van der Waals surface area contributed by atoms with Gasteiger partial charge >= 0.3 is 0 Å². The molecule has 0 bridgehead atoms. The number of fused-ring (bicyclic) bond motifs is 1. The first-order chi connectivity index (χ1) is 13.0. The lowest BCUT2D eigenvalue weighted by atomic mass is 10.00. The lowest BCUT2D eigenvalue weighted by Gasteiger charge is -2.27. The number of aromatic nitrogens is 2. The maximum Gasteiger partial charge on any atom is 0.254 e. The Hall–Kier alpha value is -3.28. The van der Waals surface area contributed by atoms with Crippen LogP contribution in [0.1, 0.15) is 38.9 Å². The third kappa shape index (κ3) is 3.14. The van der Waals surface area contributed by atoms with Crippen molar-refractivity contribution in [2.45, 2.75) is 19.9 Å². The number of hydrogen-bond donors (Lipinski definition) is 1. The van der Waals surface area contributed by atoms with Crippen molar-refractivity contribution in [3.63, 3.8) is 0 Å². The van der Waals surface area contributed by atoms with Crippen LogP contribution in [0, 0.1) is 5.82 Å². The summed E-state index contributed by atoms with van der Waals surface area (Å²) in [6.07, 6.45) is 0.633. The van der Waals surface area contributed by atoms with E-state index in [0.717, 1.165) is 11.3 Å². The van der Waals surface area contributed by atoms with Gasteiger partial charge in [0.25, 0.3) is 5.91 Å². The first-order valence-corrected chi connectivity index (χ1v) is 8.76. The number of benzene rings is 2. The number of nitrogens with zero attached hydrogens (tertiary/aromatic N) is 2. The molecule has 0 spiro atoms. The monoisotopic (exact) mass is 363 g/mol. The largest absolute Gasteiger partial charge is 0.334 e. The van der Waals surface area contributed by atoms with Crippen molar-refractivity contribution in [1.82, 2.24) is 15.1 Å². The number of carbonyl (C=O) groups is 2. The molecule has 27 heavy (non-hydrogen) atoms. The molecule has 136 valence electrons. The second-order valence-corrected chi connectivity index (χ2v) is 6.62. The zero-order valence-corrected chi connectivity index (χ0v) is 14.8. The minimum atomic E-state index is -0.338. The van der Waals surface area contributed by atoms with E-state index >= 15 is 0 Å². The number of amides is 1. The van der Waals surface area contributed by atoms with E-state index in [0.29, 0.717) is 41.9 Å². The number of carbonyl (C=O) groups excluding carboxylic acids is 2. The molecule has 0 radical (unpaired) electrons. The molecule has 0 unspecified atom stereocenters. The van der Waals surface area contributed by atoms with Gasteiger partial charge in [0.05, 0.1) is 0 Å². The molecule has 5 nitrogen and oxygen atoms in total. The van der Waals surface area contributed by atoms with E-state index in [1.54, 1.807) is 47.4 Å². The van der Waals surface area contributed by atoms with Crippen molar-refractivity contribution < 1.29 is 14.0 Å². The zero-order chi connectivity index (χ0) is 19.0. The predicted octanol–water partition coefficient (Wildman–Crippen LogP) is 3.62. The number of ketones is 1. The fourth-order valence-electron chi connectivity index (χ4n) is 3.37. The normalized spacial score (nSPS) is 13.3. The molecule has 1 N–H and O–H groups in total. The minimum absolute atomic E-state index is 0.0375. The average molecular weight is 363 g/mol. The number of rotatable bonds is 3. The Morgan fingerprint density at radius 3 is 2.48 bits per heavy atom. The molecule has 2 heterocycles. The molecule has 1 aliphatic rings. The van der Waals surface area contributed by atoms with Gasteiger partial charge in [0.15, 0.2) is 5.78 Å². The van der Waals surface area contributed by atoms with Crippen molar-refractivity contribution in [2.75, 3.05) is 6.54 Å². The van der Waals surface area contributed by atoms with Gasteiger partial charge in [-0.25, -0.2) is 4.39 Å². The molecule has 1 aromatic heterocycles. The van der Waals surface area contributed by atoms with Crippen LogP contribution in [-0.4, -0.2) is 33.3 Å². The third-order valence-corrected chi connectivity index (χ3v) is 4.89. The van der Waals surface area contributed by atoms with Gasteiger partial charge in [0.2, 0.25) is 0 Å². The van der Waals surface area contributed by atoms with Gasteiger partial charge in [0, 0.05) is 47.5 Å². The highest BCUT2D eigenvalue weighted by Gasteiger charge is 2.27. The minimum Gasteiger partial charge on any atom is -0.334 e. The predicted molar refractivity (Wildman–Crippen MR) is 98.9 cm³/mol. The lowest BCUT2D eigenvalue weighted by molar-refractivity contribution is 0.0734. The highest BCUT2D eigenvalue weighted by Crippen LogP contribution is 2.30.